The van der Waals surface area contributed by atoms with Crippen molar-refractivity contribution in [2.24, 2.45) is 0 Å². The van der Waals surface area contributed by atoms with Crippen LogP contribution in [0, 0.1) is 5.82 Å². The molecule has 1 aromatic carbocycles. The maximum Gasteiger partial charge on any atom is 0.270 e. The van der Waals surface area contributed by atoms with Gasteiger partial charge in [0.05, 0.1) is 12.2 Å². The third kappa shape index (κ3) is 1.45. The van der Waals surface area contributed by atoms with Crippen LogP contribution in [-0.4, -0.2) is 6.61 Å². The van der Waals surface area contributed by atoms with Crippen LogP contribution >= 0.6 is 0 Å². The van der Waals surface area contributed by atoms with Gasteiger partial charge in [-0.3, -0.25) is 0 Å². The van der Waals surface area contributed by atoms with Gasteiger partial charge < -0.3 is 4.74 Å². The van der Waals surface area contributed by atoms with E-state index in [4.69, 9.17) is 4.74 Å². The average Bonchev–Trinajstić information content (AvgIpc) is 2.17. The van der Waals surface area contributed by atoms with E-state index in [0.29, 0.717) is 18.6 Å². The molecule has 0 saturated heterocycles. The minimum atomic E-state index is -2.82. The number of hydrogen-bond donors (Lipinski definition) is 0. The van der Waals surface area contributed by atoms with Gasteiger partial charge in [-0.05, 0) is 24.5 Å². The van der Waals surface area contributed by atoms with Gasteiger partial charge in [-0.15, -0.1) is 0 Å². The smallest absolute Gasteiger partial charge is 0.270 e. The van der Waals surface area contributed by atoms with Crippen LogP contribution in [0.15, 0.2) is 12.1 Å². The summed E-state index contributed by atoms with van der Waals surface area (Å²) in [6.07, 6.45) is -1.35. The summed E-state index contributed by atoms with van der Waals surface area (Å²) in [5.41, 5.74) is 0.0788. The predicted octanol–water partition coefficient (Wildman–Crippen LogP) is 3.09. The van der Waals surface area contributed by atoms with Crippen LogP contribution in [0.2, 0.25) is 0 Å². The summed E-state index contributed by atoms with van der Waals surface area (Å²) in [5.74, 6) is -0.841. The van der Waals surface area contributed by atoms with Crippen molar-refractivity contribution in [2.75, 3.05) is 6.61 Å². The zero-order valence-electron chi connectivity index (χ0n) is 7.40. The number of rotatable bonds is 1. The second-order valence-electron chi connectivity index (χ2n) is 3.20. The van der Waals surface area contributed by atoms with Crippen LogP contribution in [0.25, 0.3) is 0 Å². The zero-order valence-corrected chi connectivity index (χ0v) is 7.40. The third-order valence-electron chi connectivity index (χ3n) is 2.28. The molecule has 1 aromatic rings. The first-order valence-corrected chi connectivity index (χ1v) is 4.42. The lowest BCUT2D eigenvalue weighted by molar-refractivity contribution is 0.138. The van der Waals surface area contributed by atoms with Gasteiger partial charge >= 0.3 is 0 Å². The fourth-order valence-corrected chi connectivity index (χ4v) is 1.63. The van der Waals surface area contributed by atoms with Gasteiger partial charge in [0.2, 0.25) is 0 Å². The Hall–Kier alpha value is -1.19. The number of fused-ring (bicyclic) bond motifs is 1. The highest BCUT2D eigenvalue weighted by Gasteiger charge is 2.24. The lowest BCUT2D eigenvalue weighted by Gasteiger charge is -2.20. The van der Waals surface area contributed by atoms with E-state index < -0.39 is 17.8 Å². The third-order valence-corrected chi connectivity index (χ3v) is 2.28. The monoisotopic (exact) mass is 202 g/mol. The Balaban J connectivity index is 2.55. The molecule has 0 spiro atoms. The summed E-state index contributed by atoms with van der Waals surface area (Å²) >= 11 is 0. The molecule has 0 amide bonds. The number of hydrogen-bond acceptors (Lipinski definition) is 1. The first-order chi connectivity index (χ1) is 6.70. The molecule has 1 nitrogen and oxygen atoms in total. The van der Waals surface area contributed by atoms with E-state index in [1.807, 2.05) is 0 Å². The number of benzene rings is 1. The van der Waals surface area contributed by atoms with Gasteiger partial charge in [-0.25, -0.2) is 13.2 Å². The van der Waals surface area contributed by atoms with E-state index in [0.717, 1.165) is 12.5 Å². The molecule has 4 heteroatoms. The molecular weight excluding hydrogens is 193 g/mol. The molecule has 0 unspecified atom stereocenters. The Bertz CT molecular complexity index is 349. The molecule has 0 fully saturated rings. The van der Waals surface area contributed by atoms with Crippen molar-refractivity contribution in [3.63, 3.8) is 0 Å². The second-order valence-corrected chi connectivity index (χ2v) is 3.20. The van der Waals surface area contributed by atoms with Crippen molar-refractivity contribution in [2.45, 2.75) is 19.3 Å². The zero-order chi connectivity index (χ0) is 10.1. The molecule has 14 heavy (non-hydrogen) atoms. The topological polar surface area (TPSA) is 9.23 Å². The lowest BCUT2D eigenvalue weighted by atomic mass is 10.0. The van der Waals surface area contributed by atoms with Gasteiger partial charge in [-0.2, -0.15) is 0 Å². The molecule has 2 rings (SSSR count). The standard InChI is InChI=1S/C10H9F3O/c11-7-4-3-6-2-1-5-14-9(6)8(7)10(12)13/h3-4,10H,1-2,5H2. The maximum atomic E-state index is 13.1. The van der Waals surface area contributed by atoms with Crippen LogP contribution in [0.5, 0.6) is 5.75 Å². The molecular formula is C10H9F3O. The summed E-state index contributed by atoms with van der Waals surface area (Å²) in [5, 5.41) is 0. The van der Waals surface area contributed by atoms with E-state index in [1.165, 1.54) is 6.07 Å². The molecule has 0 atom stereocenters. The molecule has 0 saturated carbocycles. The predicted molar refractivity (Wildman–Crippen MR) is 45.2 cm³/mol. The van der Waals surface area contributed by atoms with Crippen molar-refractivity contribution in [3.8, 4) is 5.75 Å². The maximum absolute atomic E-state index is 13.1. The summed E-state index contributed by atoms with van der Waals surface area (Å²) < 4.78 is 43.1. The Labute approximate surface area is 79.5 Å². The van der Waals surface area contributed by atoms with E-state index in [2.05, 4.69) is 0 Å². The summed E-state index contributed by atoms with van der Waals surface area (Å²) in [6.45, 7) is 0.385. The first kappa shape index (κ1) is 9.37. The van der Waals surface area contributed by atoms with E-state index in [-0.39, 0.29) is 5.75 Å². The van der Waals surface area contributed by atoms with Crippen molar-refractivity contribution in [3.05, 3.63) is 29.1 Å². The molecule has 76 valence electrons. The fraction of sp³-hybridized carbons (Fsp3) is 0.400. The number of alkyl halides is 2. The Morgan fingerprint density at radius 1 is 1.29 bits per heavy atom. The van der Waals surface area contributed by atoms with Gasteiger partial charge in [-0.1, -0.05) is 6.07 Å². The van der Waals surface area contributed by atoms with Crippen LogP contribution in [0.4, 0.5) is 13.2 Å². The molecule has 0 radical (unpaired) electrons. The number of halogens is 3. The Morgan fingerprint density at radius 3 is 2.79 bits per heavy atom. The van der Waals surface area contributed by atoms with Crippen LogP contribution in [-0.2, 0) is 6.42 Å². The highest BCUT2D eigenvalue weighted by Crippen LogP contribution is 2.36. The minimum Gasteiger partial charge on any atom is -0.493 e. The minimum absolute atomic E-state index is 0.0475. The van der Waals surface area contributed by atoms with Crippen LogP contribution < -0.4 is 4.74 Å². The van der Waals surface area contributed by atoms with E-state index in [9.17, 15) is 13.2 Å². The SMILES string of the molecule is Fc1ccc2c(c1C(F)F)OCCC2. The summed E-state index contributed by atoms with van der Waals surface area (Å²) in [6, 6.07) is 2.59. The quantitative estimate of drug-likeness (QED) is 0.679. The van der Waals surface area contributed by atoms with Gasteiger partial charge in [0.25, 0.3) is 6.43 Å². The molecule has 1 heterocycles. The van der Waals surface area contributed by atoms with Crippen LogP contribution in [0.3, 0.4) is 0 Å². The van der Waals surface area contributed by atoms with E-state index >= 15 is 0 Å². The molecule has 0 bridgehead atoms. The molecule has 1 aliphatic heterocycles. The van der Waals surface area contributed by atoms with Gasteiger partial charge in [0.15, 0.2) is 0 Å². The van der Waals surface area contributed by atoms with Crippen molar-refractivity contribution in [1.82, 2.24) is 0 Å². The van der Waals surface area contributed by atoms with Crippen molar-refractivity contribution in [1.29, 1.82) is 0 Å². The van der Waals surface area contributed by atoms with Crippen molar-refractivity contribution < 1.29 is 17.9 Å². The Morgan fingerprint density at radius 2 is 2.07 bits per heavy atom. The summed E-state index contributed by atoms with van der Waals surface area (Å²) in [7, 11) is 0. The van der Waals surface area contributed by atoms with Crippen molar-refractivity contribution >= 4 is 0 Å². The van der Waals surface area contributed by atoms with Gasteiger partial charge in [0.1, 0.15) is 11.6 Å². The largest absolute Gasteiger partial charge is 0.493 e. The second kappa shape index (κ2) is 3.52. The fourth-order valence-electron chi connectivity index (χ4n) is 1.63. The lowest BCUT2D eigenvalue weighted by Crippen LogP contribution is -2.11. The summed E-state index contributed by atoms with van der Waals surface area (Å²) in [4.78, 5) is 0. The molecule has 0 N–H and O–H groups in total. The van der Waals surface area contributed by atoms with E-state index in [1.54, 1.807) is 0 Å². The number of aryl methyl sites for hydroxylation is 1. The van der Waals surface area contributed by atoms with Crippen LogP contribution in [0.1, 0.15) is 24.0 Å². The molecule has 0 aromatic heterocycles. The van der Waals surface area contributed by atoms with Gasteiger partial charge in [0, 0.05) is 0 Å². The first-order valence-electron chi connectivity index (χ1n) is 4.42. The average molecular weight is 202 g/mol. The molecule has 0 aliphatic carbocycles. The highest BCUT2D eigenvalue weighted by molar-refractivity contribution is 5.44. The molecule has 1 aliphatic rings. The normalized spacial score (nSPS) is 15.1. The highest BCUT2D eigenvalue weighted by atomic mass is 19.3. The Kier molecular flexibility index (Phi) is 2.35. The number of ether oxygens (including phenoxy) is 1.